The van der Waals surface area contributed by atoms with E-state index in [9.17, 15) is 8.42 Å². The summed E-state index contributed by atoms with van der Waals surface area (Å²) in [5, 5.41) is 0. The summed E-state index contributed by atoms with van der Waals surface area (Å²) >= 11 is 0. The Hall–Kier alpha value is -0.130. The zero-order valence-corrected chi connectivity index (χ0v) is 9.64. The van der Waals surface area contributed by atoms with Crippen molar-refractivity contribution in [3.05, 3.63) is 0 Å². The molecule has 0 heterocycles. The Morgan fingerprint density at radius 1 is 1.21 bits per heavy atom. The van der Waals surface area contributed by atoms with Gasteiger partial charge in [0.2, 0.25) is 0 Å². The van der Waals surface area contributed by atoms with Crippen LogP contribution in [0.1, 0.15) is 46.0 Å². The minimum atomic E-state index is -3.53. The quantitative estimate of drug-likeness (QED) is 0.784. The molecule has 1 rings (SSSR count). The number of nitrogens with one attached hydrogen (secondary N) is 1. The average molecular weight is 221 g/mol. The van der Waals surface area contributed by atoms with Crippen LogP contribution >= 0.6 is 0 Å². The molecule has 1 aliphatic carbocycles. The molecule has 1 N–H and O–H groups in total. The zero-order chi connectivity index (χ0) is 10.6. The minimum Gasteiger partial charge on any atom is -0.255 e. The van der Waals surface area contributed by atoms with Gasteiger partial charge in [0.25, 0.3) is 0 Å². The van der Waals surface area contributed by atoms with Crippen LogP contribution in [0.15, 0.2) is 0 Å². The van der Waals surface area contributed by atoms with E-state index in [1.165, 1.54) is 6.42 Å². The van der Waals surface area contributed by atoms with E-state index in [1.807, 2.05) is 0 Å². The van der Waals surface area contributed by atoms with Crippen molar-refractivity contribution in [3.8, 4) is 0 Å². The highest BCUT2D eigenvalue weighted by Gasteiger charge is 2.21. The van der Waals surface area contributed by atoms with Gasteiger partial charge in [-0.05, 0) is 26.7 Å². The van der Waals surface area contributed by atoms with Gasteiger partial charge in [-0.3, -0.25) is 4.18 Å². The Kier molecular flexibility index (Phi) is 4.34. The van der Waals surface area contributed by atoms with Crippen molar-refractivity contribution in [1.82, 2.24) is 4.72 Å². The minimum absolute atomic E-state index is 0.0764. The van der Waals surface area contributed by atoms with E-state index in [1.54, 1.807) is 13.8 Å². The van der Waals surface area contributed by atoms with Crippen molar-refractivity contribution in [2.45, 2.75) is 58.1 Å². The Bertz CT molecular complexity index is 255. The average Bonchev–Trinajstić information content (AvgIpc) is 2.02. The maximum absolute atomic E-state index is 11.4. The molecular weight excluding hydrogens is 202 g/mol. The molecule has 0 unspecified atom stereocenters. The van der Waals surface area contributed by atoms with E-state index >= 15 is 0 Å². The first-order valence-electron chi connectivity index (χ1n) is 5.20. The number of hydrogen-bond acceptors (Lipinski definition) is 3. The summed E-state index contributed by atoms with van der Waals surface area (Å²) < 4.78 is 30.1. The van der Waals surface area contributed by atoms with Crippen molar-refractivity contribution >= 4 is 10.3 Å². The molecule has 14 heavy (non-hydrogen) atoms. The lowest BCUT2D eigenvalue weighted by Crippen LogP contribution is -2.38. The number of rotatable bonds is 4. The summed E-state index contributed by atoms with van der Waals surface area (Å²) in [5.74, 6) is 0. The van der Waals surface area contributed by atoms with E-state index in [0.717, 1.165) is 25.7 Å². The van der Waals surface area contributed by atoms with E-state index in [0.29, 0.717) is 0 Å². The molecule has 0 aliphatic heterocycles. The molecule has 0 atom stereocenters. The molecule has 4 nitrogen and oxygen atoms in total. The van der Waals surface area contributed by atoms with Crippen LogP contribution in [-0.4, -0.2) is 20.6 Å². The van der Waals surface area contributed by atoms with Gasteiger partial charge in [-0.25, -0.2) is 0 Å². The topological polar surface area (TPSA) is 55.4 Å². The van der Waals surface area contributed by atoms with Crippen LogP contribution in [0.4, 0.5) is 0 Å². The van der Waals surface area contributed by atoms with Crippen LogP contribution in [0.25, 0.3) is 0 Å². The van der Waals surface area contributed by atoms with Gasteiger partial charge in [-0.2, -0.15) is 13.1 Å². The van der Waals surface area contributed by atoms with Crippen LogP contribution < -0.4 is 4.72 Å². The fourth-order valence-electron chi connectivity index (χ4n) is 1.71. The fourth-order valence-corrected chi connectivity index (χ4v) is 2.91. The Labute approximate surface area is 86.3 Å². The van der Waals surface area contributed by atoms with E-state index in [-0.39, 0.29) is 12.1 Å². The molecule has 0 aromatic carbocycles. The predicted octanol–water partition coefficient (Wildman–Crippen LogP) is 1.58. The van der Waals surface area contributed by atoms with Gasteiger partial charge in [0.05, 0.1) is 6.10 Å². The van der Waals surface area contributed by atoms with Gasteiger partial charge in [-0.15, -0.1) is 0 Å². The molecule has 84 valence electrons. The lowest BCUT2D eigenvalue weighted by atomic mass is 9.96. The van der Waals surface area contributed by atoms with Gasteiger partial charge >= 0.3 is 10.3 Å². The largest absolute Gasteiger partial charge is 0.336 e. The van der Waals surface area contributed by atoms with Crippen molar-refractivity contribution < 1.29 is 12.6 Å². The van der Waals surface area contributed by atoms with E-state index in [2.05, 4.69) is 4.72 Å². The van der Waals surface area contributed by atoms with E-state index < -0.39 is 10.3 Å². The summed E-state index contributed by atoms with van der Waals surface area (Å²) in [6.45, 7) is 3.42. The second-order valence-electron chi connectivity index (χ2n) is 4.05. The molecule has 0 saturated heterocycles. The molecule has 0 radical (unpaired) electrons. The molecule has 0 aromatic heterocycles. The molecule has 1 fully saturated rings. The first kappa shape index (κ1) is 11.9. The molecule has 5 heteroatoms. The van der Waals surface area contributed by atoms with Gasteiger partial charge in [0.15, 0.2) is 0 Å². The smallest absolute Gasteiger partial charge is 0.255 e. The summed E-state index contributed by atoms with van der Waals surface area (Å²) in [4.78, 5) is 0. The normalized spacial score (nSPS) is 20.2. The molecule has 0 bridgehead atoms. The summed E-state index contributed by atoms with van der Waals surface area (Å²) in [5.41, 5.74) is 0. The molecule has 0 spiro atoms. The summed E-state index contributed by atoms with van der Waals surface area (Å²) in [6.07, 6.45) is 4.99. The van der Waals surface area contributed by atoms with Crippen LogP contribution in [0, 0.1) is 0 Å². The monoisotopic (exact) mass is 221 g/mol. The maximum atomic E-state index is 11.4. The lowest BCUT2D eigenvalue weighted by molar-refractivity contribution is 0.238. The predicted molar refractivity (Wildman–Crippen MR) is 55.1 cm³/mol. The molecule has 0 aromatic rings. The highest BCUT2D eigenvalue weighted by atomic mass is 32.2. The van der Waals surface area contributed by atoms with Crippen LogP contribution in [0.2, 0.25) is 0 Å². The Balaban J connectivity index is 2.41. The van der Waals surface area contributed by atoms with E-state index in [4.69, 9.17) is 4.18 Å². The van der Waals surface area contributed by atoms with Crippen LogP contribution in [-0.2, 0) is 14.5 Å². The lowest BCUT2D eigenvalue weighted by Gasteiger charge is -2.22. The SMILES string of the molecule is CC(C)OS(=O)(=O)NC1CCCCC1. The first-order valence-corrected chi connectivity index (χ1v) is 6.61. The van der Waals surface area contributed by atoms with Crippen molar-refractivity contribution in [1.29, 1.82) is 0 Å². The number of hydrogen-bond donors (Lipinski definition) is 1. The molecule has 0 amide bonds. The third-order valence-electron chi connectivity index (χ3n) is 2.24. The molecular formula is C9H19NO3S. The van der Waals surface area contributed by atoms with Crippen LogP contribution in [0.3, 0.4) is 0 Å². The van der Waals surface area contributed by atoms with Gasteiger partial charge < -0.3 is 0 Å². The highest BCUT2D eigenvalue weighted by Crippen LogP contribution is 2.18. The van der Waals surface area contributed by atoms with Crippen molar-refractivity contribution in [2.24, 2.45) is 0 Å². The standard InChI is InChI=1S/C9H19NO3S/c1-8(2)13-14(11,12)10-9-6-4-3-5-7-9/h8-10H,3-7H2,1-2H3. The maximum Gasteiger partial charge on any atom is 0.336 e. The summed E-state index contributed by atoms with van der Waals surface area (Å²) in [7, 11) is -3.53. The first-order chi connectivity index (χ1) is 6.49. The van der Waals surface area contributed by atoms with Gasteiger partial charge in [0.1, 0.15) is 0 Å². The third-order valence-corrected chi connectivity index (χ3v) is 3.50. The van der Waals surface area contributed by atoms with Crippen LogP contribution in [0.5, 0.6) is 0 Å². The van der Waals surface area contributed by atoms with Crippen molar-refractivity contribution in [2.75, 3.05) is 0 Å². The zero-order valence-electron chi connectivity index (χ0n) is 8.82. The summed E-state index contributed by atoms with van der Waals surface area (Å²) in [6, 6.07) is 0.0764. The van der Waals surface area contributed by atoms with Gasteiger partial charge in [0, 0.05) is 6.04 Å². The van der Waals surface area contributed by atoms with Gasteiger partial charge in [-0.1, -0.05) is 19.3 Å². The van der Waals surface area contributed by atoms with Crippen molar-refractivity contribution in [3.63, 3.8) is 0 Å². The second kappa shape index (κ2) is 5.09. The highest BCUT2D eigenvalue weighted by molar-refractivity contribution is 7.84. The fraction of sp³-hybridized carbons (Fsp3) is 1.00. The third kappa shape index (κ3) is 4.39. The molecule has 1 aliphatic rings. The molecule has 1 saturated carbocycles. The second-order valence-corrected chi connectivity index (χ2v) is 5.39. The Morgan fingerprint density at radius 3 is 2.29 bits per heavy atom. The Morgan fingerprint density at radius 2 is 1.79 bits per heavy atom.